The normalized spacial score (nSPS) is 14.0. The van der Waals surface area contributed by atoms with Crippen LogP contribution in [-0.2, 0) is 27.2 Å². The number of hydrogen-bond donors (Lipinski definition) is 5. The average Bonchev–Trinajstić information content (AvgIpc) is 3.05. The highest BCUT2D eigenvalue weighted by atomic mass is 16.4. The maximum absolute atomic E-state index is 12.8. The molecule has 0 aliphatic rings. The summed E-state index contributed by atoms with van der Waals surface area (Å²) in [6, 6.07) is 6.03. The molecule has 0 unspecified atom stereocenters. The minimum absolute atomic E-state index is 0.108. The Morgan fingerprint density at radius 1 is 1.11 bits per heavy atom. The maximum atomic E-state index is 12.8. The smallest absolute Gasteiger partial charge is 0.326 e. The van der Waals surface area contributed by atoms with Crippen LogP contribution in [-0.4, -0.2) is 51.0 Å². The van der Waals surface area contributed by atoms with Crippen LogP contribution in [0.3, 0.4) is 0 Å². The topological polar surface area (TPSA) is 150 Å². The fourth-order valence-corrected chi connectivity index (χ4v) is 2.62. The van der Waals surface area contributed by atoms with Crippen LogP contribution in [0, 0.1) is 6.92 Å². The SMILES string of the molecule is Cc1[nH]cnc1C[C@H](NC(=O)[C@H](C)N)C(=O)N[C@@H](Cc1ccccc1)C(=O)O. The standard InChI is InChI=1S/C19H25N5O4/c1-11(20)17(25)23-15(9-14-12(2)21-10-22-14)18(26)24-16(19(27)28)8-13-6-4-3-5-7-13/h3-7,10-11,15-16H,8-9,20H2,1-2H3,(H,21,22)(H,23,25)(H,24,26)(H,27,28)/t11-,15-,16-/m0/s1. The highest BCUT2D eigenvalue weighted by Gasteiger charge is 2.28. The Balaban J connectivity index is 2.15. The number of aliphatic carboxylic acids is 1. The monoisotopic (exact) mass is 387 g/mol. The van der Waals surface area contributed by atoms with Gasteiger partial charge < -0.3 is 26.5 Å². The molecule has 0 bridgehead atoms. The van der Waals surface area contributed by atoms with Crippen molar-refractivity contribution in [3.63, 3.8) is 0 Å². The fourth-order valence-electron chi connectivity index (χ4n) is 2.62. The minimum atomic E-state index is -1.16. The summed E-state index contributed by atoms with van der Waals surface area (Å²) in [7, 11) is 0. The molecule has 0 saturated carbocycles. The number of aromatic amines is 1. The molecular weight excluding hydrogens is 362 g/mol. The van der Waals surface area contributed by atoms with Gasteiger partial charge in [-0.1, -0.05) is 30.3 Å². The number of H-pyrrole nitrogens is 1. The minimum Gasteiger partial charge on any atom is -0.480 e. The van der Waals surface area contributed by atoms with E-state index in [0.29, 0.717) is 5.69 Å². The van der Waals surface area contributed by atoms with E-state index < -0.39 is 35.9 Å². The van der Waals surface area contributed by atoms with E-state index in [-0.39, 0.29) is 12.8 Å². The number of nitrogens with one attached hydrogen (secondary N) is 3. The number of aryl methyl sites for hydroxylation is 1. The zero-order chi connectivity index (χ0) is 20.7. The van der Waals surface area contributed by atoms with Crippen molar-refractivity contribution in [2.24, 2.45) is 5.73 Å². The van der Waals surface area contributed by atoms with E-state index in [1.54, 1.807) is 31.2 Å². The van der Waals surface area contributed by atoms with Crippen molar-refractivity contribution in [1.82, 2.24) is 20.6 Å². The Bertz CT molecular complexity index is 819. The van der Waals surface area contributed by atoms with Crippen LogP contribution in [0.5, 0.6) is 0 Å². The van der Waals surface area contributed by atoms with E-state index in [1.165, 1.54) is 13.3 Å². The van der Waals surface area contributed by atoms with Crippen LogP contribution in [0.2, 0.25) is 0 Å². The second-order valence-corrected chi connectivity index (χ2v) is 6.62. The number of carboxylic acids is 1. The molecule has 0 radical (unpaired) electrons. The lowest BCUT2D eigenvalue weighted by Crippen LogP contribution is -2.55. The van der Waals surface area contributed by atoms with Gasteiger partial charge in [-0.05, 0) is 19.4 Å². The summed E-state index contributed by atoms with van der Waals surface area (Å²) in [6.07, 6.45) is 1.72. The molecule has 0 fully saturated rings. The van der Waals surface area contributed by atoms with Gasteiger partial charge in [0.1, 0.15) is 12.1 Å². The van der Waals surface area contributed by atoms with Crippen LogP contribution < -0.4 is 16.4 Å². The number of amides is 2. The number of benzene rings is 1. The van der Waals surface area contributed by atoms with Crippen molar-refractivity contribution in [1.29, 1.82) is 0 Å². The Kier molecular flexibility index (Phi) is 7.28. The zero-order valence-electron chi connectivity index (χ0n) is 15.8. The molecule has 1 heterocycles. The van der Waals surface area contributed by atoms with E-state index in [0.717, 1.165) is 11.3 Å². The van der Waals surface area contributed by atoms with E-state index in [4.69, 9.17) is 5.73 Å². The number of carbonyl (C=O) groups is 3. The highest BCUT2D eigenvalue weighted by molar-refractivity contribution is 5.91. The summed E-state index contributed by atoms with van der Waals surface area (Å²) in [6.45, 7) is 3.29. The number of hydrogen-bond acceptors (Lipinski definition) is 5. The molecule has 1 aromatic carbocycles. The zero-order valence-corrected chi connectivity index (χ0v) is 15.8. The van der Waals surface area contributed by atoms with Gasteiger partial charge >= 0.3 is 5.97 Å². The highest BCUT2D eigenvalue weighted by Crippen LogP contribution is 2.08. The molecule has 1 aromatic heterocycles. The van der Waals surface area contributed by atoms with Crippen molar-refractivity contribution >= 4 is 17.8 Å². The number of carbonyl (C=O) groups excluding carboxylic acids is 2. The summed E-state index contributed by atoms with van der Waals surface area (Å²) in [4.78, 5) is 43.5. The van der Waals surface area contributed by atoms with Gasteiger partial charge in [-0.3, -0.25) is 9.59 Å². The second-order valence-electron chi connectivity index (χ2n) is 6.62. The Hall–Kier alpha value is -3.20. The van der Waals surface area contributed by atoms with Crippen molar-refractivity contribution in [3.05, 3.63) is 53.6 Å². The Morgan fingerprint density at radius 2 is 1.75 bits per heavy atom. The molecule has 2 amide bonds. The van der Waals surface area contributed by atoms with Gasteiger partial charge in [0, 0.05) is 18.5 Å². The summed E-state index contributed by atoms with van der Waals surface area (Å²) in [5.41, 5.74) is 7.71. The lowest BCUT2D eigenvalue weighted by atomic mass is 10.0. The molecule has 6 N–H and O–H groups in total. The first kappa shape index (κ1) is 21.1. The molecule has 2 rings (SSSR count). The van der Waals surface area contributed by atoms with Gasteiger partial charge in [0.05, 0.1) is 18.1 Å². The number of rotatable bonds is 9. The molecule has 0 saturated heterocycles. The molecule has 3 atom stereocenters. The third-order valence-corrected chi connectivity index (χ3v) is 4.28. The van der Waals surface area contributed by atoms with Gasteiger partial charge in [-0.25, -0.2) is 9.78 Å². The van der Waals surface area contributed by atoms with Crippen LogP contribution in [0.25, 0.3) is 0 Å². The van der Waals surface area contributed by atoms with Gasteiger partial charge in [0.2, 0.25) is 11.8 Å². The van der Waals surface area contributed by atoms with Crippen molar-refractivity contribution in [2.75, 3.05) is 0 Å². The van der Waals surface area contributed by atoms with E-state index in [1.807, 2.05) is 6.07 Å². The van der Waals surface area contributed by atoms with E-state index in [9.17, 15) is 19.5 Å². The number of aromatic nitrogens is 2. The molecule has 2 aromatic rings. The van der Waals surface area contributed by atoms with Crippen LogP contribution in [0.1, 0.15) is 23.9 Å². The summed E-state index contributed by atoms with van der Waals surface area (Å²) >= 11 is 0. The molecule has 0 aliphatic carbocycles. The van der Waals surface area contributed by atoms with Crippen molar-refractivity contribution in [2.45, 2.75) is 44.8 Å². The molecule has 150 valence electrons. The molecule has 0 spiro atoms. The van der Waals surface area contributed by atoms with E-state index in [2.05, 4.69) is 20.6 Å². The first-order valence-corrected chi connectivity index (χ1v) is 8.89. The predicted molar refractivity (Wildman–Crippen MR) is 102 cm³/mol. The molecular formula is C19H25N5O4. The van der Waals surface area contributed by atoms with Crippen LogP contribution >= 0.6 is 0 Å². The number of imidazole rings is 1. The third kappa shape index (κ3) is 5.92. The Morgan fingerprint density at radius 3 is 2.29 bits per heavy atom. The first-order valence-electron chi connectivity index (χ1n) is 8.89. The van der Waals surface area contributed by atoms with Gasteiger partial charge in [-0.15, -0.1) is 0 Å². The molecule has 9 heteroatoms. The predicted octanol–water partition coefficient (Wildman–Crippen LogP) is -0.0953. The number of nitrogens with two attached hydrogens (primary N) is 1. The molecule has 9 nitrogen and oxygen atoms in total. The van der Waals surface area contributed by atoms with Gasteiger partial charge in [-0.2, -0.15) is 0 Å². The molecule has 0 aliphatic heterocycles. The first-order chi connectivity index (χ1) is 13.3. The molecule has 28 heavy (non-hydrogen) atoms. The maximum Gasteiger partial charge on any atom is 0.326 e. The quantitative estimate of drug-likeness (QED) is 0.406. The van der Waals surface area contributed by atoms with Gasteiger partial charge in [0.25, 0.3) is 0 Å². The Labute approximate surface area is 162 Å². The second kappa shape index (κ2) is 9.65. The van der Waals surface area contributed by atoms with Gasteiger partial charge in [0.15, 0.2) is 0 Å². The third-order valence-electron chi connectivity index (χ3n) is 4.28. The van der Waals surface area contributed by atoms with Crippen LogP contribution in [0.4, 0.5) is 0 Å². The lowest BCUT2D eigenvalue weighted by Gasteiger charge is -2.22. The van der Waals surface area contributed by atoms with Crippen molar-refractivity contribution < 1.29 is 19.5 Å². The summed E-state index contributed by atoms with van der Waals surface area (Å²) in [5, 5.41) is 14.6. The average molecular weight is 387 g/mol. The summed E-state index contributed by atoms with van der Waals surface area (Å²) < 4.78 is 0. The number of nitrogens with zero attached hydrogens (tertiary/aromatic N) is 1. The lowest BCUT2D eigenvalue weighted by molar-refractivity contribution is -0.142. The van der Waals surface area contributed by atoms with E-state index >= 15 is 0 Å². The van der Waals surface area contributed by atoms with Crippen molar-refractivity contribution in [3.8, 4) is 0 Å². The summed E-state index contributed by atoms with van der Waals surface area (Å²) in [5.74, 6) is -2.28. The number of carboxylic acid groups (broad SMARTS) is 1. The fraction of sp³-hybridized carbons (Fsp3) is 0.368. The largest absolute Gasteiger partial charge is 0.480 e. The van der Waals surface area contributed by atoms with Crippen LogP contribution in [0.15, 0.2) is 36.7 Å².